The molecule has 3 heterocycles. The van der Waals surface area contributed by atoms with Gasteiger partial charge in [-0.15, -0.1) is 11.3 Å². The molecule has 2 aromatic rings. The fourth-order valence-electron chi connectivity index (χ4n) is 1.89. The highest BCUT2D eigenvalue weighted by Crippen LogP contribution is 2.30. The van der Waals surface area contributed by atoms with Crippen LogP contribution in [-0.2, 0) is 4.74 Å². The molecular formula is C11H13N3O2S. The summed E-state index contributed by atoms with van der Waals surface area (Å²) in [7, 11) is 0. The zero-order chi connectivity index (χ0) is 11.7. The lowest BCUT2D eigenvalue weighted by Gasteiger charge is -2.22. The Kier molecular flexibility index (Phi) is 2.82. The van der Waals surface area contributed by atoms with E-state index in [-0.39, 0.29) is 12.1 Å². The quantitative estimate of drug-likeness (QED) is 0.881. The third-order valence-electron chi connectivity index (χ3n) is 2.74. The maximum Gasteiger partial charge on any atom is 0.236 e. The van der Waals surface area contributed by atoms with Crippen molar-refractivity contribution in [3.8, 4) is 5.88 Å². The molecule has 0 aliphatic carbocycles. The van der Waals surface area contributed by atoms with E-state index in [1.807, 2.05) is 11.4 Å². The lowest BCUT2D eigenvalue weighted by Crippen LogP contribution is -2.26. The summed E-state index contributed by atoms with van der Waals surface area (Å²) in [5.41, 5.74) is 6.52. The van der Waals surface area contributed by atoms with Crippen LogP contribution in [0.25, 0.3) is 10.2 Å². The number of fused-ring (bicyclic) bond motifs is 1. The molecule has 5 nitrogen and oxygen atoms in total. The summed E-state index contributed by atoms with van der Waals surface area (Å²) in [6.07, 6.45) is 1.97. The van der Waals surface area contributed by atoms with Gasteiger partial charge in [0, 0.05) is 12.8 Å². The highest BCUT2D eigenvalue weighted by atomic mass is 32.1. The summed E-state index contributed by atoms with van der Waals surface area (Å²) in [4.78, 5) is 8.34. The third-order valence-corrected chi connectivity index (χ3v) is 3.63. The number of nitrogens with zero attached hydrogens (tertiary/aromatic N) is 2. The van der Waals surface area contributed by atoms with Crippen LogP contribution < -0.4 is 10.5 Å². The molecule has 0 atom stereocenters. The number of hydrogen-bond acceptors (Lipinski definition) is 6. The van der Waals surface area contributed by atoms with Gasteiger partial charge < -0.3 is 15.2 Å². The zero-order valence-electron chi connectivity index (χ0n) is 9.26. The van der Waals surface area contributed by atoms with E-state index >= 15 is 0 Å². The van der Waals surface area contributed by atoms with Crippen molar-refractivity contribution in [2.24, 2.45) is 0 Å². The number of aromatic nitrogens is 2. The van der Waals surface area contributed by atoms with Crippen molar-refractivity contribution in [2.75, 3.05) is 18.9 Å². The van der Waals surface area contributed by atoms with Crippen molar-refractivity contribution in [1.29, 1.82) is 0 Å². The molecule has 1 aliphatic heterocycles. The second kappa shape index (κ2) is 4.46. The Morgan fingerprint density at radius 1 is 1.35 bits per heavy atom. The zero-order valence-corrected chi connectivity index (χ0v) is 10.1. The maximum absolute atomic E-state index is 5.91. The van der Waals surface area contributed by atoms with Gasteiger partial charge in [-0.2, -0.15) is 4.98 Å². The van der Waals surface area contributed by atoms with Crippen LogP contribution in [0, 0.1) is 0 Å². The second-order valence-electron chi connectivity index (χ2n) is 3.95. The Bertz CT molecular complexity index is 522. The molecule has 0 bridgehead atoms. The molecule has 3 rings (SSSR count). The fourth-order valence-corrected chi connectivity index (χ4v) is 2.65. The summed E-state index contributed by atoms with van der Waals surface area (Å²) in [6, 6.07) is 1.93. The molecule has 0 spiro atoms. The van der Waals surface area contributed by atoms with Crippen molar-refractivity contribution < 1.29 is 9.47 Å². The molecule has 0 unspecified atom stereocenters. The van der Waals surface area contributed by atoms with Crippen LogP contribution in [0.1, 0.15) is 12.8 Å². The van der Waals surface area contributed by atoms with E-state index in [2.05, 4.69) is 9.97 Å². The van der Waals surface area contributed by atoms with Crippen LogP contribution in [0.3, 0.4) is 0 Å². The van der Waals surface area contributed by atoms with E-state index in [4.69, 9.17) is 15.2 Å². The SMILES string of the molecule is Nc1nc(OC2CCOCC2)c2sccc2n1. The minimum absolute atomic E-state index is 0.170. The molecule has 2 N–H and O–H groups in total. The Labute approximate surface area is 103 Å². The van der Waals surface area contributed by atoms with Crippen LogP contribution in [-0.4, -0.2) is 29.3 Å². The summed E-state index contributed by atoms with van der Waals surface area (Å²) in [6.45, 7) is 1.50. The number of thiophene rings is 1. The van der Waals surface area contributed by atoms with Crippen LogP contribution in [0.4, 0.5) is 5.95 Å². The van der Waals surface area contributed by atoms with Gasteiger partial charge in [-0.05, 0) is 11.4 Å². The number of rotatable bonds is 2. The topological polar surface area (TPSA) is 70.3 Å². The molecule has 1 aliphatic rings. The van der Waals surface area contributed by atoms with Gasteiger partial charge in [-0.1, -0.05) is 0 Å². The van der Waals surface area contributed by atoms with Crippen molar-refractivity contribution in [2.45, 2.75) is 18.9 Å². The van der Waals surface area contributed by atoms with E-state index in [0.29, 0.717) is 5.88 Å². The van der Waals surface area contributed by atoms with Gasteiger partial charge in [0.05, 0.1) is 18.7 Å². The molecule has 1 saturated heterocycles. The van der Waals surface area contributed by atoms with Crippen molar-refractivity contribution in [3.05, 3.63) is 11.4 Å². The van der Waals surface area contributed by atoms with Gasteiger partial charge in [0.25, 0.3) is 0 Å². The Morgan fingerprint density at radius 2 is 2.18 bits per heavy atom. The first-order valence-corrected chi connectivity index (χ1v) is 6.46. The minimum atomic E-state index is 0.170. The number of hydrogen-bond donors (Lipinski definition) is 1. The first kappa shape index (κ1) is 10.7. The van der Waals surface area contributed by atoms with Crippen LogP contribution in [0.5, 0.6) is 5.88 Å². The van der Waals surface area contributed by atoms with E-state index in [1.165, 1.54) is 0 Å². The second-order valence-corrected chi connectivity index (χ2v) is 4.87. The highest BCUT2D eigenvalue weighted by Gasteiger charge is 2.18. The molecule has 0 amide bonds. The largest absolute Gasteiger partial charge is 0.473 e. The molecule has 1 fully saturated rings. The van der Waals surface area contributed by atoms with Gasteiger partial charge in [0.15, 0.2) is 0 Å². The first-order valence-electron chi connectivity index (χ1n) is 5.58. The van der Waals surface area contributed by atoms with Crippen molar-refractivity contribution >= 4 is 27.5 Å². The Hall–Kier alpha value is -1.40. The van der Waals surface area contributed by atoms with E-state index < -0.39 is 0 Å². The van der Waals surface area contributed by atoms with Crippen LogP contribution in [0.2, 0.25) is 0 Å². The molecule has 6 heteroatoms. The molecule has 0 saturated carbocycles. The Morgan fingerprint density at radius 3 is 3.00 bits per heavy atom. The van der Waals surface area contributed by atoms with E-state index in [0.717, 1.165) is 36.3 Å². The molecular weight excluding hydrogens is 238 g/mol. The fraction of sp³-hybridized carbons (Fsp3) is 0.455. The number of anilines is 1. The van der Waals surface area contributed by atoms with Crippen LogP contribution in [0.15, 0.2) is 11.4 Å². The summed E-state index contributed by atoms with van der Waals surface area (Å²) < 4.78 is 12.2. The first-order chi connectivity index (χ1) is 8.33. The maximum atomic E-state index is 5.91. The van der Waals surface area contributed by atoms with Crippen molar-refractivity contribution in [1.82, 2.24) is 9.97 Å². The van der Waals surface area contributed by atoms with Crippen molar-refractivity contribution in [3.63, 3.8) is 0 Å². The smallest absolute Gasteiger partial charge is 0.236 e. The van der Waals surface area contributed by atoms with Gasteiger partial charge in [0.2, 0.25) is 11.8 Å². The van der Waals surface area contributed by atoms with Gasteiger partial charge in [-0.25, -0.2) is 4.98 Å². The average molecular weight is 251 g/mol. The number of nitrogens with two attached hydrogens (primary N) is 1. The summed E-state index contributed by atoms with van der Waals surface area (Å²) >= 11 is 1.57. The lowest BCUT2D eigenvalue weighted by molar-refractivity contribution is 0.0245. The highest BCUT2D eigenvalue weighted by molar-refractivity contribution is 7.17. The minimum Gasteiger partial charge on any atom is -0.473 e. The number of nitrogen functional groups attached to an aromatic ring is 1. The van der Waals surface area contributed by atoms with E-state index in [1.54, 1.807) is 11.3 Å². The molecule has 0 radical (unpaired) electrons. The number of ether oxygens (including phenoxy) is 2. The lowest BCUT2D eigenvalue weighted by atomic mass is 10.1. The average Bonchev–Trinajstić information content (AvgIpc) is 2.78. The van der Waals surface area contributed by atoms with Gasteiger partial charge in [-0.3, -0.25) is 0 Å². The molecule has 90 valence electrons. The Balaban J connectivity index is 1.90. The monoisotopic (exact) mass is 251 g/mol. The molecule has 2 aromatic heterocycles. The molecule has 17 heavy (non-hydrogen) atoms. The molecule has 0 aromatic carbocycles. The normalized spacial score (nSPS) is 17.4. The standard InChI is InChI=1S/C11H13N3O2S/c12-11-13-8-3-6-17-9(8)10(14-11)16-7-1-4-15-5-2-7/h3,6-7H,1-2,4-5H2,(H2,12,13,14). The predicted octanol–water partition coefficient (Wildman–Crippen LogP) is 1.83. The van der Waals surface area contributed by atoms with Crippen LogP contribution >= 0.6 is 11.3 Å². The third kappa shape index (κ3) is 2.18. The van der Waals surface area contributed by atoms with E-state index in [9.17, 15) is 0 Å². The van der Waals surface area contributed by atoms with Gasteiger partial charge in [0.1, 0.15) is 10.8 Å². The predicted molar refractivity (Wildman–Crippen MR) is 66.3 cm³/mol. The summed E-state index contributed by atoms with van der Waals surface area (Å²) in [5.74, 6) is 0.868. The van der Waals surface area contributed by atoms with Gasteiger partial charge >= 0.3 is 0 Å². The summed E-state index contributed by atoms with van der Waals surface area (Å²) in [5, 5.41) is 1.97.